The maximum Gasteiger partial charge on any atom is 0.259 e. The Labute approximate surface area is 159 Å². The van der Waals surface area contributed by atoms with Crippen molar-refractivity contribution in [3.63, 3.8) is 0 Å². The van der Waals surface area contributed by atoms with Gasteiger partial charge in [0.25, 0.3) is 5.56 Å². The van der Waals surface area contributed by atoms with E-state index in [-0.39, 0.29) is 5.56 Å². The smallest absolute Gasteiger partial charge is 0.259 e. The second-order valence-corrected chi connectivity index (χ2v) is 8.26. The first-order valence-corrected chi connectivity index (χ1v) is 10.0. The fourth-order valence-corrected chi connectivity index (χ4v) is 4.77. The molecule has 5 nitrogen and oxygen atoms in total. The van der Waals surface area contributed by atoms with Crippen LogP contribution in [0.3, 0.4) is 0 Å². The quantitative estimate of drug-likeness (QED) is 0.535. The lowest BCUT2D eigenvalue weighted by Gasteiger charge is -2.06. The Morgan fingerprint density at radius 1 is 1.23 bits per heavy atom. The number of aromatic nitrogens is 4. The Balaban J connectivity index is 1.59. The third-order valence-corrected chi connectivity index (χ3v) is 6.60. The summed E-state index contributed by atoms with van der Waals surface area (Å²) in [6.07, 6.45) is 1.88. The van der Waals surface area contributed by atoms with Crippen molar-refractivity contribution >= 4 is 33.3 Å². The number of H-pyrrole nitrogens is 1. The van der Waals surface area contributed by atoms with E-state index >= 15 is 0 Å². The van der Waals surface area contributed by atoms with Crippen molar-refractivity contribution in [3.05, 3.63) is 63.1 Å². The van der Waals surface area contributed by atoms with Crippen molar-refractivity contribution in [2.45, 2.75) is 24.8 Å². The van der Waals surface area contributed by atoms with Gasteiger partial charge < -0.3 is 9.55 Å². The van der Waals surface area contributed by atoms with E-state index in [0.29, 0.717) is 17.0 Å². The number of nitrogens with zero attached hydrogens (tertiary/aromatic N) is 3. The molecule has 26 heavy (non-hydrogen) atoms. The van der Waals surface area contributed by atoms with Gasteiger partial charge in [-0.1, -0.05) is 42.1 Å². The summed E-state index contributed by atoms with van der Waals surface area (Å²) in [5, 5.41) is 1.61. The molecule has 0 aliphatic heterocycles. The van der Waals surface area contributed by atoms with E-state index in [0.717, 1.165) is 31.7 Å². The maximum absolute atomic E-state index is 12.4. The average Bonchev–Trinajstić information content (AvgIpc) is 3.14. The Morgan fingerprint density at radius 3 is 2.77 bits per heavy atom. The fourth-order valence-electron chi connectivity index (χ4n) is 2.90. The summed E-state index contributed by atoms with van der Waals surface area (Å²) >= 11 is 3.14. The lowest BCUT2D eigenvalue weighted by molar-refractivity contribution is 0.795. The molecular weight excluding hydrogens is 364 g/mol. The first kappa shape index (κ1) is 17.1. The highest BCUT2D eigenvalue weighted by atomic mass is 32.2. The molecule has 0 saturated heterocycles. The van der Waals surface area contributed by atoms with Gasteiger partial charge in [0.1, 0.15) is 10.7 Å². The van der Waals surface area contributed by atoms with E-state index in [1.165, 1.54) is 0 Å². The number of hydrogen-bond donors (Lipinski definition) is 1. The van der Waals surface area contributed by atoms with E-state index < -0.39 is 0 Å². The second-order valence-electron chi connectivity index (χ2n) is 6.12. The van der Waals surface area contributed by atoms with Crippen LogP contribution in [0.5, 0.6) is 0 Å². The molecule has 4 aromatic rings. The molecule has 0 fully saturated rings. The number of aromatic amines is 1. The van der Waals surface area contributed by atoms with E-state index in [4.69, 9.17) is 0 Å². The number of fused-ring (bicyclic) bond motifs is 1. The molecule has 0 atom stereocenters. The molecule has 1 aromatic carbocycles. The molecule has 0 spiro atoms. The molecule has 0 amide bonds. The van der Waals surface area contributed by atoms with Crippen LogP contribution in [0.25, 0.3) is 21.5 Å². The summed E-state index contributed by atoms with van der Waals surface area (Å²) in [5.74, 6) is 1.25. The molecule has 3 aromatic heterocycles. The molecule has 4 rings (SSSR count). The van der Waals surface area contributed by atoms with Gasteiger partial charge in [0.15, 0.2) is 5.16 Å². The van der Waals surface area contributed by atoms with Crippen LogP contribution >= 0.6 is 23.1 Å². The van der Waals surface area contributed by atoms with Gasteiger partial charge in [0.2, 0.25) is 0 Å². The van der Waals surface area contributed by atoms with Crippen LogP contribution in [-0.2, 0) is 12.8 Å². The van der Waals surface area contributed by atoms with Gasteiger partial charge in [-0.15, -0.1) is 11.3 Å². The normalized spacial score (nSPS) is 11.3. The third-order valence-electron chi connectivity index (χ3n) is 4.44. The Bertz CT molecular complexity index is 1140. The summed E-state index contributed by atoms with van der Waals surface area (Å²) in [6, 6.07) is 10.2. The van der Waals surface area contributed by atoms with E-state index in [2.05, 4.69) is 31.7 Å². The van der Waals surface area contributed by atoms with Gasteiger partial charge >= 0.3 is 0 Å². The molecule has 0 saturated carbocycles. The molecule has 0 radical (unpaired) electrons. The zero-order valence-electron chi connectivity index (χ0n) is 14.7. The number of nitrogens with one attached hydrogen (secondary N) is 1. The molecule has 0 aliphatic carbocycles. The zero-order valence-corrected chi connectivity index (χ0v) is 16.4. The van der Waals surface area contributed by atoms with Gasteiger partial charge in [-0.25, -0.2) is 9.97 Å². The number of imidazole rings is 1. The van der Waals surface area contributed by atoms with E-state index in [9.17, 15) is 4.79 Å². The molecule has 0 bridgehead atoms. The van der Waals surface area contributed by atoms with Crippen molar-refractivity contribution in [2.75, 3.05) is 0 Å². The Hall–Kier alpha value is -2.38. The number of aryl methyl sites for hydroxylation is 2. The summed E-state index contributed by atoms with van der Waals surface area (Å²) < 4.78 is 2.07. The first-order chi connectivity index (χ1) is 12.5. The maximum atomic E-state index is 12.4. The highest BCUT2D eigenvalue weighted by Gasteiger charge is 2.13. The number of thioether (sulfide) groups is 1. The van der Waals surface area contributed by atoms with Gasteiger partial charge in [-0.2, -0.15) is 0 Å². The largest absolute Gasteiger partial charge is 0.322 e. The van der Waals surface area contributed by atoms with Crippen LogP contribution in [0, 0.1) is 13.8 Å². The SMILES string of the molecule is Cc1sc2nc(CSc3ncc(-c4ccccc4)n3C)[nH]c(=O)c2c1C. The number of hydrogen-bond acceptors (Lipinski definition) is 5. The number of thiophene rings is 1. The minimum atomic E-state index is -0.0581. The van der Waals surface area contributed by atoms with Crippen LogP contribution in [0.15, 0.2) is 46.5 Å². The molecule has 0 unspecified atom stereocenters. The fraction of sp³-hybridized carbons (Fsp3) is 0.211. The minimum absolute atomic E-state index is 0.0581. The van der Waals surface area contributed by atoms with Crippen molar-refractivity contribution in [3.8, 4) is 11.3 Å². The Morgan fingerprint density at radius 2 is 2.00 bits per heavy atom. The molecular formula is C19H18N4OS2. The van der Waals surface area contributed by atoms with Crippen molar-refractivity contribution in [1.29, 1.82) is 0 Å². The van der Waals surface area contributed by atoms with Crippen LogP contribution in [0.4, 0.5) is 0 Å². The van der Waals surface area contributed by atoms with Crippen molar-refractivity contribution in [2.24, 2.45) is 7.05 Å². The lowest BCUT2D eigenvalue weighted by Crippen LogP contribution is -2.11. The predicted octanol–water partition coefficient (Wildman–Crippen LogP) is 4.29. The second kappa shape index (κ2) is 6.74. The summed E-state index contributed by atoms with van der Waals surface area (Å²) in [5.41, 5.74) is 3.16. The number of benzene rings is 1. The molecule has 0 aliphatic rings. The molecule has 132 valence electrons. The highest BCUT2D eigenvalue weighted by molar-refractivity contribution is 7.98. The summed E-state index contributed by atoms with van der Waals surface area (Å²) in [6.45, 7) is 3.99. The van der Waals surface area contributed by atoms with Gasteiger partial charge in [-0.3, -0.25) is 4.79 Å². The van der Waals surface area contributed by atoms with Crippen molar-refractivity contribution < 1.29 is 0 Å². The van der Waals surface area contributed by atoms with Crippen LogP contribution in [0.1, 0.15) is 16.3 Å². The van der Waals surface area contributed by atoms with Crippen LogP contribution < -0.4 is 5.56 Å². The zero-order chi connectivity index (χ0) is 18.3. The highest BCUT2D eigenvalue weighted by Crippen LogP contribution is 2.28. The Kier molecular flexibility index (Phi) is 4.42. The van der Waals surface area contributed by atoms with E-state index in [1.54, 1.807) is 23.1 Å². The van der Waals surface area contributed by atoms with Crippen LogP contribution in [0.2, 0.25) is 0 Å². The molecule has 1 N–H and O–H groups in total. The first-order valence-electron chi connectivity index (χ1n) is 8.23. The molecule has 7 heteroatoms. The standard InChI is InChI=1S/C19H18N4OS2/c1-11-12(2)26-18-16(11)17(24)21-15(22-18)10-25-19-20-9-14(23(19)3)13-7-5-4-6-8-13/h4-9H,10H2,1-3H3,(H,21,22,24). The van der Waals surface area contributed by atoms with Gasteiger partial charge in [0.05, 0.1) is 23.0 Å². The van der Waals surface area contributed by atoms with E-state index in [1.807, 2.05) is 45.3 Å². The summed E-state index contributed by atoms with van der Waals surface area (Å²) in [4.78, 5) is 26.4. The number of rotatable bonds is 4. The predicted molar refractivity (Wildman–Crippen MR) is 108 cm³/mol. The third kappa shape index (κ3) is 2.97. The van der Waals surface area contributed by atoms with Gasteiger partial charge in [0, 0.05) is 11.9 Å². The minimum Gasteiger partial charge on any atom is -0.322 e. The molecule has 3 heterocycles. The van der Waals surface area contributed by atoms with Crippen LogP contribution in [-0.4, -0.2) is 19.5 Å². The topological polar surface area (TPSA) is 63.6 Å². The summed E-state index contributed by atoms with van der Waals surface area (Å²) in [7, 11) is 2.00. The van der Waals surface area contributed by atoms with Crippen molar-refractivity contribution in [1.82, 2.24) is 19.5 Å². The monoisotopic (exact) mass is 382 g/mol. The van der Waals surface area contributed by atoms with Gasteiger partial charge in [-0.05, 0) is 25.0 Å². The average molecular weight is 383 g/mol. The lowest BCUT2D eigenvalue weighted by atomic mass is 10.2.